The van der Waals surface area contributed by atoms with Crippen molar-refractivity contribution in [3.8, 4) is 0 Å². The molecule has 9 nitrogen and oxygen atoms in total. The molecule has 37 heavy (non-hydrogen) atoms. The van der Waals surface area contributed by atoms with Crippen molar-refractivity contribution in [2.75, 3.05) is 6.61 Å². The average molecular weight is 521 g/mol. The van der Waals surface area contributed by atoms with Gasteiger partial charge in [-0.05, 0) is 56.6 Å². The molecule has 0 aromatic carbocycles. The minimum Gasteiger partial charge on any atom is -0.461 e. The molecule has 0 amide bonds. The summed E-state index contributed by atoms with van der Waals surface area (Å²) in [6.45, 7) is 9.09. The Morgan fingerprint density at radius 1 is 0.784 bits per heavy atom. The van der Waals surface area contributed by atoms with Gasteiger partial charge >= 0.3 is 23.9 Å². The molecule has 0 aliphatic heterocycles. The van der Waals surface area contributed by atoms with E-state index in [1.165, 1.54) is 52.1 Å². The second-order valence-corrected chi connectivity index (χ2v) is 8.89. The number of ketones is 1. The summed E-state index contributed by atoms with van der Waals surface area (Å²) >= 11 is 0. The molecule has 206 valence electrons. The quantitative estimate of drug-likeness (QED) is 0.0815. The van der Waals surface area contributed by atoms with Crippen LogP contribution in [0.4, 0.5) is 0 Å². The Morgan fingerprint density at radius 3 is 2.00 bits per heavy atom. The van der Waals surface area contributed by atoms with Crippen LogP contribution in [0.3, 0.4) is 0 Å². The van der Waals surface area contributed by atoms with Crippen molar-refractivity contribution in [3.05, 3.63) is 47.7 Å². The fourth-order valence-corrected chi connectivity index (χ4v) is 3.18. The number of hydrogen-bond acceptors (Lipinski definition) is 9. The van der Waals surface area contributed by atoms with Crippen molar-refractivity contribution < 1.29 is 42.9 Å². The smallest absolute Gasteiger partial charge is 0.307 e. The summed E-state index contributed by atoms with van der Waals surface area (Å²) in [5.74, 6) is -1.70. The highest BCUT2D eigenvalue weighted by atomic mass is 16.5. The lowest BCUT2D eigenvalue weighted by Crippen LogP contribution is -2.11. The van der Waals surface area contributed by atoms with E-state index in [0.29, 0.717) is 24.0 Å². The maximum absolute atomic E-state index is 12.5. The monoisotopic (exact) mass is 520 g/mol. The Hall–Kier alpha value is -3.49. The zero-order chi connectivity index (χ0) is 28.2. The number of carbonyl (C=O) groups is 5. The molecule has 0 aromatic rings. The fraction of sp³-hybridized carbons (Fsp3) is 0.536. The van der Waals surface area contributed by atoms with Gasteiger partial charge in [0.25, 0.3) is 0 Å². The van der Waals surface area contributed by atoms with Gasteiger partial charge in [-0.2, -0.15) is 0 Å². The first-order valence-corrected chi connectivity index (χ1v) is 12.2. The second kappa shape index (κ2) is 19.7. The highest BCUT2D eigenvalue weighted by molar-refractivity contribution is 5.81. The molecule has 0 saturated carbocycles. The molecule has 0 spiro atoms. The van der Waals surface area contributed by atoms with Gasteiger partial charge in [0, 0.05) is 46.1 Å². The van der Waals surface area contributed by atoms with Gasteiger partial charge in [-0.3, -0.25) is 24.0 Å². The van der Waals surface area contributed by atoms with E-state index in [1.807, 2.05) is 13.8 Å². The lowest BCUT2D eigenvalue weighted by atomic mass is 9.94. The molecule has 0 aromatic heterocycles. The van der Waals surface area contributed by atoms with Crippen molar-refractivity contribution in [2.24, 2.45) is 5.92 Å². The highest BCUT2D eigenvalue weighted by Gasteiger charge is 2.13. The van der Waals surface area contributed by atoms with Crippen molar-refractivity contribution in [3.63, 3.8) is 0 Å². The van der Waals surface area contributed by atoms with E-state index >= 15 is 0 Å². The first-order valence-electron chi connectivity index (χ1n) is 12.2. The molecule has 0 saturated heterocycles. The van der Waals surface area contributed by atoms with Crippen LogP contribution in [-0.4, -0.2) is 36.3 Å². The Kier molecular flexibility index (Phi) is 17.8. The standard InChI is InChI=1S/C28H40O9/c1-20(10-8-12-26(17-35-23(4)30)13-14-34-22(3)29)9-7-11-21(2)15-28(33)16-27(18-36-24(5)31)19-37-25(6)32/h10,13-14,17-18,21H,7-9,11-12,15-16,19H2,1-6H3/b14-13+,20-10+,26-17+,27-18?. The van der Waals surface area contributed by atoms with Crippen LogP contribution in [-0.2, 0) is 42.9 Å². The van der Waals surface area contributed by atoms with E-state index < -0.39 is 23.9 Å². The second-order valence-electron chi connectivity index (χ2n) is 8.89. The summed E-state index contributed by atoms with van der Waals surface area (Å²) in [6.07, 6.45) is 11.9. The molecule has 0 N–H and O–H groups in total. The van der Waals surface area contributed by atoms with Crippen molar-refractivity contribution in [2.45, 2.75) is 86.5 Å². The predicted molar refractivity (Wildman–Crippen MR) is 137 cm³/mol. The van der Waals surface area contributed by atoms with E-state index in [-0.39, 0.29) is 24.7 Å². The Morgan fingerprint density at radius 2 is 1.41 bits per heavy atom. The summed E-state index contributed by atoms with van der Waals surface area (Å²) in [6, 6.07) is 0. The summed E-state index contributed by atoms with van der Waals surface area (Å²) in [5.41, 5.74) is 2.36. The number of carbonyl (C=O) groups excluding carboxylic acids is 5. The zero-order valence-electron chi connectivity index (χ0n) is 22.8. The third-order valence-electron chi connectivity index (χ3n) is 4.94. The fourth-order valence-electron chi connectivity index (χ4n) is 3.18. The van der Waals surface area contributed by atoms with E-state index in [0.717, 1.165) is 25.7 Å². The number of hydrogen-bond donors (Lipinski definition) is 0. The van der Waals surface area contributed by atoms with Gasteiger partial charge in [0.05, 0.1) is 18.8 Å². The normalized spacial score (nSPS) is 13.2. The van der Waals surface area contributed by atoms with Crippen LogP contribution in [0.5, 0.6) is 0 Å². The predicted octanol–water partition coefficient (Wildman–Crippen LogP) is 5.40. The molecule has 1 atom stereocenters. The van der Waals surface area contributed by atoms with Crippen LogP contribution in [0.1, 0.15) is 86.5 Å². The van der Waals surface area contributed by atoms with Gasteiger partial charge in [0.2, 0.25) is 0 Å². The van der Waals surface area contributed by atoms with Crippen LogP contribution < -0.4 is 0 Å². The molecule has 0 radical (unpaired) electrons. The lowest BCUT2D eigenvalue weighted by Gasteiger charge is -2.12. The van der Waals surface area contributed by atoms with Crippen LogP contribution >= 0.6 is 0 Å². The minimum atomic E-state index is -0.514. The maximum Gasteiger partial charge on any atom is 0.307 e. The van der Waals surface area contributed by atoms with Gasteiger partial charge in [0.1, 0.15) is 12.4 Å². The van der Waals surface area contributed by atoms with Gasteiger partial charge in [-0.15, -0.1) is 0 Å². The van der Waals surface area contributed by atoms with Crippen LogP contribution in [0.25, 0.3) is 0 Å². The molecule has 1 unspecified atom stereocenters. The van der Waals surface area contributed by atoms with Gasteiger partial charge in [-0.25, -0.2) is 0 Å². The van der Waals surface area contributed by atoms with Crippen LogP contribution in [0.15, 0.2) is 47.7 Å². The number of Topliss-reactive ketones (excluding diaryl/α,β-unsaturated/α-hetero) is 1. The van der Waals surface area contributed by atoms with E-state index in [1.54, 1.807) is 6.08 Å². The van der Waals surface area contributed by atoms with Crippen molar-refractivity contribution in [1.29, 1.82) is 0 Å². The largest absolute Gasteiger partial charge is 0.461 e. The summed E-state index contributed by atoms with van der Waals surface area (Å²) < 4.78 is 19.5. The topological polar surface area (TPSA) is 122 Å². The van der Waals surface area contributed by atoms with E-state index in [2.05, 4.69) is 6.08 Å². The van der Waals surface area contributed by atoms with Gasteiger partial charge in [-0.1, -0.05) is 18.6 Å². The van der Waals surface area contributed by atoms with Gasteiger partial charge in [0.15, 0.2) is 0 Å². The lowest BCUT2D eigenvalue weighted by molar-refractivity contribution is -0.140. The summed E-state index contributed by atoms with van der Waals surface area (Å²) in [7, 11) is 0. The Bertz CT molecular complexity index is 907. The Balaban J connectivity index is 4.60. The third kappa shape index (κ3) is 21.5. The van der Waals surface area contributed by atoms with Crippen molar-refractivity contribution in [1.82, 2.24) is 0 Å². The number of ether oxygens (including phenoxy) is 4. The molecule has 9 heteroatoms. The molecule has 0 heterocycles. The molecular weight excluding hydrogens is 480 g/mol. The molecule has 0 aliphatic carbocycles. The van der Waals surface area contributed by atoms with Gasteiger partial charge < -0.3 is 18.9 Å². The Labute approximate surface area is 219 Å². The summed E-state index contributed by atoms with van der Waals surface area (Å²) in [4.78, 5) is 56.5. The minimum absolute atomic E-state index is 0.0146. The molecule has 0 fully saturated rings. The number of esters is 4. The van der Waals surface area contributed by atoms with Crippen LogP contribution in [0.2, 0.25) is 0 Å². The van der Waals surface area contributed by atoms with E-state index in [9.17, 15) is 24.0 Å². The number of rotatable bonds is 17. The zero-order valence-corrected chi connectivity index (χ0v) is 22.8. The van der Waals surface area contributed by atoms with Crippen molar-refractivity contribution >= 4 is 29.7 Å². The molecule has 0 bridgehead atoms. The first kappa shape index (κ1) is 33.5. The summed E-state index contributed by atoms with van der Waals surface area (Å²) in [5, 5.41) is 0. The van der Waals surface area contributed by atoms with E-state index in [4.69, 9.17) is 18.9 Å². The molecule has 0 aliphatic rings. The first-order chi connectivity index (χ1) is 17.4. The maximum atomic E-state index is 12.5. The molecular formula is C28H40O9. The van der Waals surface area contributed by atoms with Crippen LogP contribution in [0, 0.1) is 5.92 Å². The SMILES string of the molecule is CC(=O)OC=C(COC(C)=O)CC(=O)CC(C)CCC/C(C)=C/CCC(/C=C/OC(C)=O)=C\OC(C)=O. The third-order valence-corrected chi connectivity index (χ3v) is 4.94. The number of allylic oxidation sites excluding steroid dienone is 4. The average Bonchev–Trinajstić information content (AvgIpc) is 2.78. The molecule has 0 rings (SSSR count). The highest BCUT2D eigenvalue weighted by Crippen LogP contribution is 2.19.